The highest BCUT2D eigenvalue weighted by atomic mass is 79.9. The SMILES string of the molecule is O=C(/C=C/c1ccc(Br)cc1)NCc1ccc(C(=O)O)cc1. The minimum Gasteiger partial charge on any atom is -0.478 e. The van der Waals surface area contributed by atoms with Crippen molar-refractivity contribution in [2.45, 2.75) is 6.54 Å². The first-order valence-electron chi connectivity index (χ1n) is 6.58. The zero-order chi connectivity index (χ0) is 15.9. The Kier molecular flexibility index (Phi) is 5.49. The fourth-order valence-corrected chi connectivity index (χ4v) is 2.02. The van der Waals surface area contributed by atoms with Gasteiger partial charge in [-0.1, -0.05) is 40.2 Å². The molecule has 4 nitrogen and oxygen atoms in total. The molecule has 0 aromatic heterocycles. The van der Waals surface area contributed by atoms with Gasteiger partial charge in [0.05, 0.1) is 5.56 Å². The third-order valence-electron chi connectivity index (χ3n) is 2.96. The van der Waals surface area contributed by atoms with E-state index in [0.29, 0.717) is 6.54 Å². The van der Waals surface area contributed by atoms with Crippen LogP contribution in [0.3, 0.4) is 0 Å². The van der Waals surface area contributed by atoms with Crippen LogP contribution in [-0.2, 0) is 11.3 Å². The molecule has 0 atom stereocenters. The van der Waals surface area contributed by atoms with Gasteiger partial charge in [-0.3, -0.25) is 4.79 Å². The molecule has 0 saturated heterocycles. The molecule has 0 bridgehead atoms. The van der Waals surface area contributed by atoms with Crippen LogP contribution in [0.15, 0.2) is 59.1 Å². The number of rotatable bonds is 5. The second-order valence-electron chi connectivity index (χ2n) is 4.60. The molecule has 0 aliphatic carbocycles. The van der Waals surface area contributed by atoms with Crippen molar-refractivity contribution in [1.82, 2.24) is 5.32 Å². The molecule has 0 aliphatic heterocycles. The Morgan fingerprint density at radius 1 is 1.05 bits per heavy atom. The Balaban J connectivity index is 1.87. The van der Waals surface area contributed by atoms with Gasteiger partial charge in [0, 0.05) is 17.1 Å². The first-order valence-corrected chi connectivity index (χ1v) is 7.37. The molecule has 2 aromatic rings. The summed E-state index contributed by atoms with van der Waals surface area (Å²) >= 11 is 3.35. The highest BCUT2D eigenvalue weighted by molar-refractivity contribution is 9.10. The second-order valence-corrected chi connectivity index (χ2v) is 5.52. The van der Waals surface area contributed by atoms with Crippen molar-refractivity contribution >= 4 is 33.9 Å². The zero-order valence-electron chi connectivity index (χ0n) is 11.6. The molecular weight excluding hydrogens is 346 g/mol. The zero-order valence-corrected chi connectivity index (χ0v) is 13.2. The number of aromatic carboxylic acids is 1. The maximum Gasteiger partial charge on any atom is 0.335 e. The number of carboxylic acids is 1. The lowest BCUT2D eigenvalue weighted by Crippen LogP contribution is -2.20. The average Bonchev–Trinajstić information content (AvgIpc) is 2.52. The number of amides is 1. The molecule has 0 aliphatic rings. The number of hydrogen-bond donors (Lipinski definition) is 2. The summed E-state index contributed by atoms with van der Waals surface area (Å²) in [6, 6.07) is 14.0. The molecule has 0 unspecified atom stereocenters. The van der Waals surface area contributed by atoms with E-state index < -0.39 is 5.97 Å². The molecular formula is C17H14BrNO3. The van der Waals surface area contributed by atoms with E-state index in [1.807, 2.05) is 24.3 Å². The summed E-state index contributed by atoms with van der Waals surface area (Å²) in [4.78, 5) is 22.5. The van der Waals surface area contributed by atoms with Gasteiger partial charge >= 0.3 is 5.97 Å². The van der Waals surface area contributed by atoms with Gasteiger partial charge in [0.1, 0.15) is 0 Å². The number of carbonyl (C=O) groups is 2. The van der Waals surface area contributed by atoms with Gasteiger partial charge in [-0.05, 0) is 41.5 Å². The topological polar surface area (TPSA) is 66.4 Å². The van der Waals surface area contributed by atoms with E-state index in [2.05, 4.69) is 21.2 Å². The molecule has 22 heavy (non-hydrogen) atoms. The highest BCUT2D eigenvalue weighted by Crippen LogP contribution is 2.11. The van der Waals surface area contributed by atoms with Gasteiger partial charge in [-0.25, -0.2) is 4.79 Å². The summed E-state index contributed by atoms with van der Waals surface area (Å²) in [5, 5.41) is 11.6. The van der Waals surface area contributed by atoms with Crippen molar-refractivity contribution in [3.63, 3.8) is 0 Å². The van der Waals surface area contributed by atoms with Crippen molar-refractivity contribution in [3.8, 4) is 0 Å². The Hall–Kier alpha value is -2.40. The fourth-order valence-electron chi connectivity index (χ4n) is 1.76. The van der Waals surface area contributed by atoms with Crippen LogP contribution in [-0.4, -0.2) is 17.0 Å². The first-order chi connectivity index (χ1) is 10.5. The smallest absolute Gasteiger partial charge is 0.335 e. The van der Waals surface area contributed by atoms with Crippen molar-refractivity contribution in [3.05, 3.63) is 75.8 Å². The molecule has 2 N–H and O–H groups in total. The molecule has 0 radical (unpaired) electrons. The van der Waals surface area contributed by atoms with Crippen LogP contribution in [0.5, 0.6) is 0 Å². The molecule has 0 fully saturated rings. The van der Waals surface area contributed by atoms with Gasteiger partial charge in [-0.2, -0.15) is 0 Å². The van der Waals surface area contributed by atoms with E-state index >= 15 is 0 Å². The van der Waals surface area contributed by atoms with Gasteiger partial charge in [0.25, 0.3) is 0 Å². The maximum absolute atomic E-state index is 11.7. The van der Waals surface area contributed by atoms with E-state index in [-0.39, 0.29) is 11.5 Å². The summed E-state index contributed by atoms with van der Waals surface area (Å²) in [7, 11) is 0. The van der Waals surface area contributed by atoms with E-state index in [9.17, 15) is 9.59 Å². The normalized spacial score (nSPS) is 10.6. The van der Waals surface area contributed by atoms with Crippen LogP contribution in [0.1, 0.15) is 21.5 Å². The number of halogens is 1. The standard InChI is InChI=1S/C17H14BrNO3/c18-15-8-3-12(4-9-15)5-10-16(20)19-11-13-1-6-14(7-2-13)17(21)22/h1-10H,11H2,(H,19,20)(H,21,22)/b10-5+. The maximum atomic E-state index is 11.7. The van der Waals surface area contributed by atoms with Gasteiger partial charge in [-0.15, -0.1) is 0 Å². The van der Waals surface area contributed by atoms with Gasteiger partial charge in [0.15, 0.2) is 0 Å². The predicted octanol–water partition coefficient (Wildman–Crippen LogP) is 3.48. The lowest BCUT2D eigenvalue weighted by molar-refractivity contribution is -0.116. The molecule has 112 valence electrons. The summed E-state index contributed by atoms with van der Waals surface area (Å²) in [6.45, 7) is 0.351. The lowest BCUT2D eigenvalue weighted by atomic mass is 10.1. The highest BCUT2D eigenvalue weighted by Gasteiger charge is 2.02. The monoisotopic (exact) mass is 359 g/mol. The van der Waals surface area contributed by atoms with Crippen LogP contribution >= 0.6 is 15.9 Å². The van der Waals surface area contributed by atoms with Crippen LogP contribution in [0.4, 0.5) is 0 Å². The van der Waals surface area contributed by atoms with Crippen LogP contribution in [0, 0.1) is 0 Å². The third kappa shape index (κ3) is 4.86. The number of hydrogen-bond acceptors (Lipinski definition) is 2. The molecule has 0 spiro atoms. The number of benzene rings is 2. The van der Waals surface area contributed by atoms with Gasteiger partial charge in [0.2, 0.25) is 5.91 Å². The first kappa shape index (κ1) is 16.0. The largest absolute Gasteiger partial charge is 0.478 e. The van der Waals surface area contributed by atoms with E-state index in [1.54, 1.807) is 18.2 Å². The Bertz CT molecular complexity index is 691. The number of carbonyl (C=O) groups excluding carboxylic acids is 1. The Morgan fingerprint density at radius 3 is 2.27 bits per heavy atom. The molecule has 1 amide bonds. The van der Waals surface area contributed by atoms with Crippen molar-refractivity contribution in [2.24, 2.45) is 0 Å². The summed E-state index contributed by atoms with van der Waals surface area (Å²) in [6.07, 6.45) is 3.20. The van der Waals surface area contributed by atoms with Crippen LogP contribution in [0.25, 0.3) is 6.08 Å². The van der Waals surface area contributed by atoms with Crippen molar-refractivity contribution < 1.29 is 14.7 Å². The quantitative estimate of drug-likeness (QED) is 0.803. The Morgan fingerprint density at radius 2 is 1.68 bits per heavy atom. The molecule has 2 rings (SSSR count). The van der Waals surface area contributed by atoms with E-state index in [4.69, 9.17) is 5.11 Å². The Labute approximate surface area is 136 Å². The van der Waals surface area contributed by atoms with Gasteiger partial charge < -0.3 is 10.4 Å². The average molecular weight is 360 g/mol. The summed E-state index contributed by atoms with van der Waals surface area (Å²) in [5.41, 5.74) is 2.00. The van der Waals surface area contributed by atoms with Crippen LogP contribution in [0.2, 0.25) is 0 Å². The van der Waals surface area contributed by atoms with Crippen molar-refractivity contribution in [1.29, 1.82) is 0 Å². The summed E-state index contributed by atoms with van der Waals surface area (Å²) in [5.74, 6) is -1.17. The minimum atomic E-state index is -0.965. The van der Waals surface area contributed by atoms with E-state index in [0.717, 1.165) is 15.6 Å². The third-order valence-corrected chi connectivity index (χ3v) is 3.49. The number of carboxylic acid groups (broad SMARTS) is 1. The molecule has 0 heterocycles. The molecule has 5 heteroatoms. The van der Waals surface area contributed by atoms with Crippen LogP contribution < -0.4 is 5.32 Å². The number of nitrogens with one attached hydrogen (secondary N) is 1. The van der Waals surface area contributed by atoms with E-state index in [1.165, 1.54) is 18.2 Å². The predicted molar refractivity (Wildman–Crippen MR) is 88.4 cm³/mol. The lowest BCUT2D eigenvalue weighted by Gasteiger charge is -2.03. The van der Waals surface area contributed by atoms with Crippen molar-refractivity contribution in [2.75, 3.05) is 0 Å². The molecule has 2 aromatic carbocycles. The second kappa shape index (κ2) is 7.56. The summed E-state index contributed by atoms with van der Waals surface area (Å²) < 4.78 is 0.985. The fraction of sp³-hybridized carbons (Fsp3) is 0.0588. The minimum absolute atomic E-state index is 0.203. The molecule has 0 saturated carbocycles.